The molecule has 0 fully saturated rings. The summed E-state index contributed by atoms with van der Waals surface area (Å²) >= 11 is 8.90. The van der Waals surface area contributed by atoms with E-state index in [0.29, 0.717) is 12.0 Å². The largest absolute Gasteiger partial charge is 0.478 e. The molecule has 0 amide bonds. The summed E-state index contributed by atoms with van der Waals surface area (Å²) in [5.74, 6) is -0.914. The van der Waals surface area contributed by atoms with Crippen LogP contribution in [-0.2, 0) is 6.42 Å². The van der Waals surface area contributed by atoms with Crippen LogP contribution in [0.15, 0.2) is 24.3 Å². The highest BCUT2D eigenvalue weighted by molar-refractivity contribution is 9.10. The van der Waals surface area contributed by atoms with Crippen molar-refractivity contribution in [2.45, 2.75) is 10.7 Å². The van der Waals surface area contributed by atoms with Gasteiger partial charge in [0, 0.05) is 0 Å². The smallest absolute Gasteiger partial charge is 0.335 e. The molecule has 0 spiro atoms. The lowest BCUT2D eigenvalue weighted by molar-refractivity contribution is 0.0697. The Hall–Kier alpha value is -0.540. The lowest BCUT2D eigenvalue weighted by Crippen LogP contribution is -1.99. The molecule has 0 saturated heterocycles. The van der Waals surface area contributed by atoms with Crippen molar-refractivity contribution >= 4 is 33.5 Å². The van der Waals surface area contributed by atoms with Gasteiger partial charge in [-0.05, 0) is 24.1 Å². The van der Waals surface area contributed by atoms with Gasteiger partial charge in [-0.15, -0.1) is 11.6 Å². The first-order valence-corrected chi connectivity index (χ1v) is 5.05. The average Bonchev–Trinajstić information content (AvgIpc) is 2.03. The number of carbonyl (C=O) groups is 1. The molecule has 1 N–H and O–H groups in total. The van der Waals surface area contributed by atoms with Crippen LogP contribution in [0.3, 0.4) is 0 Å². The quantitative estimate of drug-likeness (QED) is 0.852. The molecular formula is C9H8BrClO2. The molecule has 4 heteroatoms. The molecule has 0 radical (unpaired) electrons. The molecule has 0 aliphatic heterocycles. The minimum atomic E-state index is -0.914. The van der Waals surface area contributed by atoms with Crippen LogP contribution in [0.1, 0.15) is 15.9 Å². The summed E-state index contributed by atoms with van der Waals surface area (Å²) < 4.78 is -0.156. The fourth-order valence-corrected chi connectivity index (χ4v) is 1.56. The van der Waals surface area contributed by atoms with Crippen LogP contribution in [0, 0.1) is 0 Å². The molecule has 1 aromatic rings. The number of alkyl halides is 2. The number of carboxylic acid groups (broad SMARTS) is 1. The SMILES string of the molecule is O=C(O)c1cccc(CC(Cl)Br)c1. The number of hydrogen-bond acceptors (Lipinski definition) is 1. The number of rotatable bonds is 3. The second kappa shape index (κ2) is 4.63. The molecule has 1 unspecified atom stereocenters. The predicted octanol–water partition coefficient (Wildman–Crippen LogP) is 2.89. The molecule has 0 heterocycles. The number of hydrogen-bond donors (Lipinski definition) is 1. The van der Waals surface area contributed by atoms with Gasteiger partial charge in [-0.3, -0.25) is 0 Å². The van der Waals surface area contributed by atoms with Gasteiger partial charge in [0.2, 0.25) is 0 Å². The first-order chi connectivity index (χ1) is 6.09. The van der Waals surface area contributed by atoms with E-state index in [1.807, 2.05) is 6.07 Å². The molecule has 0 saturated carbocycles. The molecule has 13 heavy (non-hydrogen) atoms. The summed E-state index contributed by atoms with van der Waals surface area (Å²) in [7, 11) is 0. The van der Waals surface area contributed by atoms with Crippen LogP contribution in [0.2, 0.25) is 0 Å². The van der Waals surface area contributed by atoms with E-state index in [4.69, 9.17) is 16.7 Å². The Balaban J connectivity index is 2.85. The van der Waals surface area contributed by atoms with E-state index < -0.39 is 5.97 Å². The number of carboxylic acids is 1. The van der Waals surface area contributed by atoms with E-state index in [0.717, 1.165) is 5.56 Å². The molecule has 0 aliphatic carbocycles. The Kier molecular flexibility index (Phi) is 3.75. The fourth-order valence-electron chi connectivity index (χ4n) is 1.01. The average molecular weight is 264 g/mol. The van der Waals surface area contributed by atoms with Gasteiger partial charge >= 0.3 is 5.97 Å². The fraction of sp³-hybridized carbons (Fsp3) is 0.222. The van der Waals surface area contributed by atoms with E-state index in [2.05, 4.69) is 15.9 Å². The topological polar surface area (TPSA) is 37.3 Å². The van der Waals surface area contributed by atoms with Crippen molar-refractivity contribution in [3.05, 3.63) is 35.4 Å². The molecule has 0 aliphatic rings. The van der Waals surface area contributed by atoms with Gasteiger partial charge in [0.05, 0.1) is 9.85 Å². The number of halogens is 2. The van der Waals surface area contributed by atoms with E-state index in [9.17, 15) is 4.79 Å². The second-order valence-corrected chi connectivity index (χ2v) is 4.76. The van der Waals surface area contributed by atoms with Gasteiger partial charge in [0.1, 0.15) is 0 Å². The van der Waals surface area contributed by atoms with Gasteiger partial charge in [-0.2, -0.15) is 0 Å². The van der Waals surface area contributed by atoms with Crippen LogP contribution in [0.4, 0.5) is 0 Å². The second-order valence-electron chi connectivity index (χ2n) is 2.60. The van der Waals surface area contributed by atoms with Crippen LogP contribution in [-0.4, -0.2) is 15.4 Å². The van der Waals surface area contributed by atoms with Crippen molar-refractivity contribution in [1.82, 2.24) is 0 Å². The minimum absolute atomic E-state index is 0.156. The Morgan fingerprint density at radius 2 is 2.31 bits per heavy atom. The third kappa shape index (κ3) is 3.36. The lowest BCUT2D eigenvalue weighted by atomic mass is 10.1. The Morgan fingerprint density at radius 1 is 1.62 bits per heavy atom. The maximum Gasteiger partial charge on any atom is 0.335 e. The highest BCUT2D eigenvalue weighted by Gasteiger charge is 2.05. The monoisotopic (exact) mass is 262 g/mol. The van der Waals surface area contributed by atoms with Crippen molar-refractivity contribution in [2.75, 3.05) is 0 Å². The predicted molar refractivity (Wildman–Crippen MR) is 55.7 cm³/mol. The van der Waals surface area contributed by atoms with Gasteiger partial charge in [-0.25, -0.2) is 4.79 Å². The minimum Gasteiger partial charge on any atom is -0.478 e. The van der Waals surface area contributed by atoms with Crippen LogP contribution in [0.25, 0.3) is 0 Å². The molecule has 1 aromatic carbocycles. The number of aromatic carboxylic acids is 1. The van der Waals surface area contributed by atoms with Gasteiger partial charge < -0.3 is 5.11 Å². The van der Waals surface area contributed by atoms with Crippen LogP contribution < -0.4 is 0 Å². The first kappa shape index (κ1) is 10.5. The highest BCUT2D eigenvalue weighted by Crippen LogP contribution is 2.14. The summed E-state index contributed by atoms with van der Waals surface area (Å²) in [6.07, 6.45) is 0.614. The summed E-state index contributed by atoms with van der Waals surface area (Å²) in [6, 6.07) is 6.75. The highest BCUT2D eigenvalue weighted by atomic mass is 79.9. The van der Waals surface area contributed by atoms with Crippen molar-refractivity contribution in [1.29, 1.82) is 0 Å². The molecular weight excluding hydrogens is 255 g/mol. The zero-order valence-electron chi connectivity index (χ0n) is 6.71. The van der Waals surface area contributed by atoms with Crippen LogP contribution >= 0.6 is 27.5 Å². The van der Waals surface area contributed by atoms with Gasteiger partial charge in [0.15, 0.2) is 0 Å². The molecule has 0 bridgehead atoms. The maximum absolute atomic E-state index is 10.6. The van der Waals surface area contributed by atoms with E-state index in [1.54, 1.807) is 18.2 Å². The van der Waals surface area contributed by atoms with Crippen molar-refractivity contribution in [3.8, 4) is 0 Å². The summed E-state index contributed by atoms with van der Waals surface area (Å²) in [5, 5.41) is 8.70. The summed E-state index contributed by atoms with van der Waals surface area (Å²) in [5.41, 5.74) is 1.21. The molecule has 2 nitrogen and oxygen atoms in total. The zero-order chi connectivity index (χ0) is 9.84. The lowest BCUT2D eigenvalue weighted by Gasteiger charge is -2.02. The van der Waals surface area contributed by atoms with Crippen molar-refractivity contribution < 1.29 is 9.90 Å². The molecule has 1 atom stereocenters. The summed E-state index contributed by atoms with van der Waals surface area (Å²) in [6.45, 7) is 0. The standard InChI is InChI=1S/C9H8BrClO2/c10-8(11)5-6-2-1-3-7(4-6)9(12)13/h1-4,8H,5H2,(H,12,13). The Morgan fingerprint density at radius 3 is 2.85 bits per heavy atom. The summed E-state index contributed by atoms with van der Waals surface area (Å²) in [4.78, 5) is 10.6. The zero-order valence-corrected chi connectivity index (χ0v) is 9.05. The first-order valence-electron chi connectivity index (χ1n) is 3.70. The van der Waals surface area contributed by atoms with Crippen molar-refractivity contribution in [2.24, 2.45) is 0 Å². The van der Waals surface area contributed by atoms with E-state index >= 15 is 0 Å². The van der Waals surface area contributed by atoms with E-state index in [1.165, 1.54) is 0 Å². The van der Waals surface area contributed by atoms with Crippen LogP contribution in [0.5, 0.6) is 0 Å². The Bertz CT molecular complexity index is 312. The van der Waals surface area contributed by atoms with E-state index in [-0.39, 0.29) is 4.29 Å². The molecule has 70 valence electrons. The third-order valence-corrected chi connectivity index (χ3v) is 2.04. The number of benzene rings is 1. The van der Waals surface area contributed by atoms with Gasteiger partial charge in [-0.1, -0.05) is 28.1 Å². The van der Waals surface area contributed by atoms with Gasteiger partial charge in [0.25, 0.3) is 0 Å². The molecule has 0 aromatic heterocycles. The normalized spacial score (nSPS) is 12.5. The van der Waals surface area contributed by atoms with Crippen molar-refractivity contribution in [3.63, 3.8) is 0 Å². The third-order valence-electron chi connectivity index (χ3n) is 1.56. The molecule has 1 rings (SSSR count). The maximum atomic E-state index is 10.6. The Labute approximate surface area is 89.7 Å².